The molecular formula is C13H8Cl2N2S2. The minimum absolute atomic E-state index is 0.300. The van der Waals surface area contributed by atoms with E-state index in [2.05, 4.69) is 9.97 Å². The van der Waals surface area contributed by atoms with Gasteiger partial charge in [-0.1, -0.05) is 23.7 Å². The zero-order chi connectivity index (χ0) is 13.2. The van der Waals surface area contributed by atoms with Gasteiger partial charge in [0.1, 0.15) is 9.86 Å². The van der Waals surface area contributed by atoms with Gasteiger partial charge in [0.15, 0.2) is 0 Å². The first-order valence-electron chi connectivity index (χ1n) is 5.50. The van der Waals surface area contributed by atoms with Gasteiger partial charge in [0.25, 0.3) is 0 Å². The summed E-state index contributed by atoms with van der Waals surface area (Å²) >= 11 is 15.0. The van der Waals surface area contributed by atoms with Crippen molar-refractivity contribution in [2.24, 2.45) is 0 Å². The topological polar surface area (TPSA) is 25.8 Å². The van der Waals surface area contributed by atoms with Crippen LogP contribution in [0.1, 0.15) is 5.56 Å². The molecule has 2 aromatic heterocycles. The quantitative estimate of drug-likeness (QED) is 0.371. The van der Waals surface area contributed by atoms with Gasteiger partial charge in [-0.2, -0.15) is 0 Å². The van der Waals surface area contributed by atoms with Gasteiger partial charge in [-0.15, -0.1) is 23.1 Å². The highest BCUT2D eigenvalue weighted by Crippen LogP contribution is 2.31. The van der Waals surface area contributed by atoms with Crippen molar-refractivity contribution in [1.82, 2.24) is 9.97 Å². The third-order valence-corrected chi connectivity index (χ3v) is 4.84. The van der Waals surface area contributed by atoms with E-state index in [0.29, 0.717) is 5.28 Å². The molecule has 3 aromatic rings. The summed E-state index contributed by atoms with van der Waals surface area (Å²) in [5, 5.41) is 5.04. The SMILES string of the molecule is Clc1ccc(CSc2nc(Cl)nc3sccc23)cc1. The van der Waals surface area contributed by atoms with Crippen LogP contribution in [0, 0.1) is 0 Å². The van der Waals surface area contributed by atoms with Gasteiger partial charge in [0, 0.05) is 16.2 Å². The standard InChI is InChI=1S/C13H8Cl2N2S2/c14-9-3-1-8(2-4-9)7-19-12-10-5-6-18-11(10)16-13(15)17-12/h1-6H,7H2. The molecule has 0 aliphatic rings. The fraction of sp³-hybridized carbons (Fsp3) is 0.0769. The van der Waals surface area contributed by atoms with Crippen LogP contribution in [-0.4, -0.2) is 9.97 Å². The van der Waals surface area contributed by atoms with E-state index in [-0.39, 0.29) is 0 Å². The van der Waals surface area contributed by atoms with Gasteiger partial charge < -0.3 is 0 Å². The molecule has 2 nitrogen and oxygen atoms in total. The predicted molar refractivity (Wildman–Crippen MR) is 83.4 cm³/mol. The van der Waals surface area contributed by atoms with Crippen LogP contribution in [0.15, 0.2) is 40.7 Å². The molecule has 0 saturated carbocycles. The van der Waals surface area contributed by atoms with E-state index >= 15 is 0 Å². The van der Waals surface area contributed by atoms with Crippen molar-refractivity contribution < 1.29 is 0 Å². The average Bonchev–Trinajstić information content (AvgIpc) is 2.85. The summed E-state index contributed by atoms with van der Waals surface area (Å²) in [7, 11) is 0. The highest BCUT2D eigenvalue weighted by Gasteiger charge is 2.08. The minimum Gasteiger partial charge on any atom is -0.211 e. The van der Waals surface area contributed by atoms with Crippen LogP contribution in [0.25, 0.3) is 10.2 Å². The zero-order valence-corrected chi connectivity index (χ0v) is 12.8. The van der Waals surface area contributed by atoms with Crippen LogP contribution in [-0.2, 0) is 5.75 Å². The number of fused-ring (bicyclic) bond motifs is 1. The largest absolute Gasteiger partial charge is 0.224 e. The van der Waals surface area contributed by atoms with E-state index in [4.69, 9.17) is 23.2 Å². The molecule has 0 fully saturated rings. The van der Waals surface area contributed by atoms with E-state index in [0.717, 1.165) is 26.0 Å². The third-order valence-electron chi connectivity index (χ3n) is 2.55. The number of nitrogens with zero attached hydrogens (tertiary/aromatic N) is 2. The second-order valence-corrected chi connectivity index (χ2v) is 6.49. The van der Waals surface area contributed by atoms with Gasteiger partial charge in [-0.05, 0) is 40.7 Å². The lowest BCUT2D eigenvalue weighted by Crippen LogP contribution is -1.87. The molecule has 0 amide bonds. The molecule has 3 rings (SSSR count). The maximum Gasteiger partial charge on any atom is 0.224 e. The van der Waals surface area contributed by atoms with Crippen molar-refractivity contribution in [2.45, 2.75) is 10.8 Å². The summed E-state index contributed by atoms with van der Waals surface area (Å²) < 4.78 is 0. The van der Waals surface area contributed by atoms with Crippen LogP contribution >= 0.6 is 46.3 Å². The lowest BCUT2D eigenvalue weighted by Gasteiger charge is -2.03. The Kier molecular flexibility index (Phi) is 3.93. The van der Waals surface area contributed by atoms with Crippen LogP contribution in [0.2, 0.25) is 10.3 Å². The second kappa shape index (κ2) is 5.67. The summed E-state index contributed by atoms with van der Waals surface area (Å²) in [4.78, 5) is 9.44. The second-order valence-electron chi connectivity index (χ2n) is 3.85. The summed E-state index contributed by atoms with van der Waals surface area (Å²) in [6.07, 6.45) is 0. The van der Waals surface area contributed by atoms with Gasteiger partial charge >= 0.3 is 0 Å². The smallest absolute Gasteiger partial charge is 0.211 e. The number of benzene rings is 1. The zero-order valence-electron chi connectivity index (χ0n) is 9.64. The highest BCUT2D eigenvalue weighted by atomic mass is 35.5. The Hall–Kier alpha value is -0.810. The Balaban J connectivity index is 1.85. The van der Waals surface area contributed by atoms with E-state index in [1.54, 1.807) is 23.1 Å². The molecule has 0 radical (unpaired) electrons. The third kappa shape index (κ3) is 3.03. The summed E-state index contributed by atoms with van der Waals surface area (Å²) in [6, 6.07) is 9.85. The number of thioether (sulfide) groups is 1. The lowest BCUT2D eigenvalue weighted by atomic mass is 10.2. The molecule has 1 aromatic carbocycles. The first kappa shape index (κ1) is 13.2. The maximum absolute atomic E-state index is 5.94. The van der Waals surface area contributed by atoms with Crippen LogP contribution in [0.4, 0.5) is 0 Å². The number of rotatable bonds is 3. The Morgan fingerprint density at radius 3 is 2.63 bits per heavy atom. The first-order valence-corrected chi connectivity index (χ1v) is 8.12. The maximum atomic E-state index is 5.94. The van der Waals surface area contributed by atoms with Crippen molar-refractivity contribution in [3.8, 4) is 0 Å². The van der Waals surface area contributed by atoms with E-state index in [9.17, 15) is 0 Å². The summed E-state index contributed by atoms with van der Waals surface area (Å²) in [6.45, 7) is 0. The molecule has 0 atom stereocenters. The predicted octanol–water partition coefficient (Wildman–Crippen LogP) is 5.29. The molecule has 0 saturated heterocycles. The Morgan fingerprint density at radius 2 is 1.84 bits per heavy atom. The summed E-state index contributed by atoms with van der Waals surface area (Å²) in [5.41, 5.74) is 1.20. The van der Waals surface area contributed by atoms with Crippen LogP contribution < -0.4 is 0 Å². The number of aromatic nitrogens is 2. The minimum atomic E-state index is 0.300. The lowest BCUT2D eigenvalue weighted by molar-refractivity contribution is 1.11. The van der Waals surface area contributed by atoms with Gasteiger partial charge in [0.2, 0.25) is 5.28 Å². The van der Waals surface area contributed by atoms with Crippen molar-refractivity contribution in [3.63, 3.8) is 0 Å². The fourth-order valence-electron chi connectivity index (χ4n) is 1.65. The van der Waals surface area contributed by atoms with Crippen molar-refractivity contribution in [2.75, 3.05) is 0 Å². The van der Waals surface area contributed by atoms with E-state index < -0.39 is 0 Å². The van der Waals surface area contributed by atoms with Crippen molar-refractivity contribution in [1.29, 1.82) is 0 Å². The number of thiophene rings is 1. The average molecular weight is 327 g/mol. The molecule has 0 aliphatic carbocycles. The van der Waals surface area contributed by atoms with Crippen LogP contribution in [0.3, 0.4) is 0 Å². The van der Waals surface area contributed by atoms with E-state index in [1.165, 1.54) is 5.56 Å². The molecule has 6 heteroatoms. The molecule has 0 N–H and O–H groups in total. The number of hydrogen-bond acceptors (Lipinski definition) is 4. The fourth-order valence-corrected chi connectivity index (χ4v) is 3.84. The van der Waals surface area contributed by atoms with Crippen molar-refractivity contribution >= 4 is 56.5 Å². The molecule has 0 aliphatic heterocycles. The van der Waals surface area contributed by atoms with Gasteiger partial charge in [-0.25, -0.2) is 9.97 Å². The molecule has 0 spiro atoms. The molecule has 96 valence electrons. The van der Waals surface area contributed by atoms with Crippen LogP contribution in [0.5, 0.6) is 0 Å². The Labute approximate surface area is 128 Å². The van der Waals surface area contributed by atoms with Gasteiger partial charge in [0.05, 0.1) is 0 Å². The molecular weight excluding hydrogens is 319 g/mol. The van der Waals surface area contributed by atoms with Gasteiger partial charge in [-0.3, -0.25) is 0 Å². The molecule has 0 unspecified atom stereocenters. The summed E-state index contributed by atoms with van der Waals surface area (Å²) in [5.74, 6) is 0.829. The molecule has 19 heavy (non-hydrogen) atoms. The Morgan fingerprint density at radius 1 is 1.05 bits per heavy atom. The molecule has 0 bridgehead atoms. The van der Waals surface area contributed by atoms with Crippen molar-refractivity contribution in [3.05, 3.63) is 51.6 Å². The van der Waals surface area contributed by atoms with E-state index in [1.807, 2.05) is 35.7 Å². The monoisotopic (exact) mass is 326 g/mol. The number of hydrogen-bond donors (Lipinski definition) is 0. The normalized spacial score (nSPS) is 11.1. The first-order chi connectivity index (χ1) is 9.22. The Bertz CT molecular complexity index is 710. The number of halogens is 2. The molecule has 2 heterocycles. The highest BCUT2D eigenvalue weighted by molar-refractivity contribution is 7.98.